The van der Waals surface area contributed by atoms with Crippen molar-refractivity contribution in [3.63, 3.8) is 0 Å². The number of hydrogen-bond acceptors (Lipinski definition) is 1. The van der Waals surface area contributed by atoms with E-state index in [-0.39, 0.29) is 0 Å². The van der Waals surface area contributed by atoms with E-state index in [0.29, 0.717) is 0 Å². The van der Waals surface area contributed by atoms with Gasteiger partial charge >= 0.3 is 0 Å². The van der Waals surface area contributed by atoms with Crippen LogP contribution >= 0.6 is 0 Å². The Morgan fingerprint density at radius 2 is 1.57 bits per heavy atom. The van der Waals surface area contributed by atoms with Gasteiger partial charge in [-0.25, -0.2) is 0 Å². The molecular weight excluding hydrogens is 364 g/mol. The maximum atomic E-state index is 6.07. The predicted molar refractivity (Wildman–Crippen MR) is 132 cm³/mol. The molecule has 0 aromatic heterocycles. The Morgan fingerprint density at radius 1 is 0.867 bits per heavy atom. The molecule has 0 spiro atoms. The van der Waals surface area contributed by atoms with Crippen LogP contribution in [-0.2, 0) is 17.6 Å². The van der Waals surface area contributed by atoms with Crippen LogP contribution in [0, 0.1) is 11.8 Å². The van der Waals surface area contributed by atoms with Gasteiger partial charge in [0.05, 0.1) is 12.4 Å². The third-order valence-corrected chi connectivity index (χ3v) is 6.86. The number of ether oxygens (including phenoxy) is 1. The average molecular weight is 413 g/mol. The topological polar surface area (TPSA) is 9.23 Å². The van der Waals surface area contributed by atoms with Crippen molar-refractivity contribution in [1.29, 1.82) is 0 Å². The minimum Gasteiger partial charge on any atom is -0.498 e. The fourth-order valence-corrected chi connectivity index (χ4v) is 4.52. The molecule has 0 fully saturated rings. The number of unbranched alkanes of at least 4 members (excludes halogenated alkanes) is 5. The molecule has 0 aliphatic heterocycles. The van der Waals surface area contributed by atoms with Crippen molar-refractivity contribution >= 4 is 0 Å². The van der Waals surface area contributed by atoms with Gasteiger partial charge in [-0.2, -0.15) is 0 Å². The lowest BCUT2D eigenvalue weighted by Gasteiger charge is -2.22. The van der Waals surface area contributed by atoms with Crippen LogP contribution in [0.4, 0.5) is 0 Å². The van der Waals surface area contributed by atoms with Gasteiger partial charge in [-0.1, -0.05) is 90.0 Å². The summed E-state index contributed by atoms with van der Waals surface area (Å²) in [4.78, 5) is 0. The number of aryl methyl sites for hydroxylation is 2. The van der Waals surface area contributed by atoms with Crippen molar-refractivity contribution in [3.8, 4) is 0 Å². The predicted octanol–water partition coefficient (Wildman–Crippen LogP) is 9.05. The third-order valence-electron chi connectivity index (χ3n) is 6.86. The van der Waals surface area contributed by atoms with Crippen molar-refractivity contribution in [2.75, 3.05) is 6.61 Å². The van der Waals surface area contributed by atoms with Gasteiger partial charge in [-0.15, -0.1) is 0 Å². The highest BCUT2D eigenvalue weighted by molar-refractivity contribution is 5.22. The second-order valence-corrected chi connectivity index (χ2v) is 9.71. The van der Waals surface area contributed by atoms with E-state index in [1.54, 1.807) is 0 Å². The summed E-state index contributed by atoms with van der Waals surface area (Å²) in [5, 5.41) is 0. The number of allylic oxidation sites excluding steroid dienone is 2. The summed E-state index contributed by atoms with van der Waals surface area (Å²) in [6.45, 7) is 7.83. The molecule has 1 aliphatic carbocycles. The summed E-state index contributed by atoms with van der Waals surface area (Å²) in [6, 6.07) is 9.47. The van der Waals surface area contributed by atoms with Gasteiger partial charge in [0.2, 0.25) is 0 Å². The standard InChI is InChI=1S/C29H48O/c1-4-6-8-9-10-12-26-13-15-27(16-14-26)17-18-28-19-21-29(22-20-28)30-24-23-25(3)11-7-5-2/h13-16,21,25,28H,4-12,17-20,22-24H2,1-3H3. The molecule has 1 nitrogen and oxygen atoms in total. The molecule has 0 saturated carbocycles. The average Bonchev–Trinajstić information content (AvgIpc) is 2.78. The maximum absolute atomic E-state index is 6.07. The van der Waals surface area contributed by atoms with E-state index in [1.165, 1.54) is 107 Å². The SMILES string of the molecule is CCCCCCCc1ccc(CCC2CC=C(OCCC(C)CCCC)CC2)cc1. The zero-order valence-corrected chi connectivity index (χ0v) is 20.3. The molecule has 0 radical (unpaired) electrons. The Bertz CT molecular complexity index is 571. The Kier molecular flexibility index (Phi) is 13.0. The smallest absolute Gasteiger partial charge is 0.0920 e. The van der Waals surface area contributed by atoms with Gasteiger partial charge in [0.1, 0.15) is 0 Å². The molecule has 2 unspecified atom stereocenters. The van der Waals surface area contributed by atoms with Gasteiger partial charge in [0.15, 0.2) is 0 Å². The summed E-state index contributed by atoms with van der Waals surface area (Å²) >= 11 is 0. The molecule has 1 aromatic rings. The van der Waals surface area contributed by atoms with Crippen LogP contribution in [0.15, 0.2) is 36.1 Å². The van der Waals surface area contributed by atoms with Gasteiger partial charge in [0, 0.05) is 6.42 Å². The highest BCUT2D eigenvalue weighted by Gasteiger charge is 2.15. The zero-order valence-electron chi connectivity index (χ0n) is 20.3. The van der Waals surface area contributed by atoms with Crippen molar-refractivity contribution in [1.82, 2.24) is 0 Å². The molecule has 2 atom stereocenters. The van der Waals surface area contributed by atoms with E-state index >= 15 is 0 Å². The fourth-order valence-electron chi connectivity index (χ4n) is 4.52. The second kappa shape index (κ2) is 15.5. The van der Waals surface area contributed by atoms with Crippen molar-refractivity contribution < 1.29 is 4.74 Å². The lowest BCUT2D eigenvalue weighted by atomic mass is 9.88. The minimum absolute atomic E-state index is 0.800. The summed E-state index contributed by atoms with van der Waals surface area (Å²) < 4.78 is 6.07. The molecular formula is C29H48O. The highest BCUT2D eigenvalue weighted by Crippen LogP contribution is 2.28. The monoisotopic (exact) mass is 412 g/mol. The van der Waals surface area contributed by atoms with Crippen LogP contribution in [0.2, 0.25) is 0 Å². The third kappa shape index (κ3) is 10.7. The zero-order chi connectivity index (χ0) is 21.4. The quantitative estimate of drug-likeness (QED) is 0.246. The lowest BCUT2D eigenvalue weighted by molar-refractivity contribution is 0.169. The number of hydrogen-bond donors (Lipinski definition) is 0. The van der Waals surface area contributed by atoms with E-state index in [9.17, 15) is 0 Å². The molecule has 2 rings (SSSR count). The summed E-state index contributed by atoms with van der Waals surface area (Å²) in [6.07, 6.45) is 21.9. The first kappa shape index (κ1) is 25.0. The Morgan fingerprint density at radius 3 is 2.23 bits per heavy atom. The van der Waals surface area contributed by atoms with Crippen molar-refractivity contribution in [2.24, 2.45) is 11.8 Å². The van der Waals surface area contributed by atoms with Crippen LogP contribution in [-0.4, -0.2) is 6.61 Å². The van der Waals surface area contributed by atoms with Crippen LogP contribution in [0.1, 0.15) is 115 Å². The van der Waals surface area contributed by atoms with E-state index in [0.717, 1.165) is 24.9 Å². The van der Waals surface area contributed by atoms with Crippen LogP contribution in [0.25, 0.3) is 0 Å². The van der Waals surface area contributed by atoms with Crippen molar-refractivity contribution in [2.45, 2.75) is 117 Å². The van der Waals surface area contributed by atoms with Crippen molar-refractivity contribution in [3.05, 3.63) is 47.2 Å². The molecule has 0 bridgehead atoms. The largest absolute Gasteiger partial charge is 0.498 e. The first-order valence-corrected chi connectivity index (χ1v) is 13.1. The molecule has 170 valence electrons. The normalized spacial score (nSPS) is 17.6. The minimum atomic E-state index is 0.800. The van der Waals surface area contributed by atoms with E-state index in [4.69, 9.17) is 4.74 Å². The first-order chi connectivity index (χ1) is 14.7. The van der Waals surface area contributed by atoms with Gasteiger partial charge in [0.25, 0.3) is 0 Å². The van der Waals surface area contributed by atoms with Crippen LogP contribution in [0.5, 0.6) is 0 Å². The molecule has 0 amide bonds. The molecule has 1 aliphatic rings. The molecule has 0 saturated heterocycles. The summed E-state index contributed by atoms with van der Waals surface area (Å²) in [5.41, 5.74) is 3.03. The first-order valence-electron chi connectivity index (χ1n) is 13.1. The number of benzene rings is 1. The molecule has 30 heavy (non-hydrogen) atoms. The van der Waals surface area contributed by atoms with Crippen LogP contribution < -0.4 is 0 Å². The van der Waals surface area contributed by atoms with Gasteiger partial charge < -0.3 is 4.74 Å². The lowest BCUT2D eigenvalue weighted by Crippen LogP contribution is -2.10. The molecule has 1 heteroatoms. The van der Waals surface area contributed by atoms with E-state index in [2.05, 4.69) is 51.1 Å². The Labute approximate surface area is 187 Å². The highest BCUT2D eigenvalue weighted by atomic mass is 16.5. The Hall–Kier alpha value is -1.24. The maximum Gasteiger partial charge on any atom is 0.0920 e. The molecule has 0 heterocycles. The second-order valence-electron chi connectivity index (χ2n) is 9.71. The fraction of sp³-hybridized carbons (Fsp3) is 0.724. The van der Waals surface area contributed by atoms with E-state index < -0.39 is 0 Å². The molecule has 0 N–H and O–H groups in total. The summed E-state index contributed by atoms with van der Waals surface area (Å²) in [7, 11) is 0. The Balaban J connectivity index is 1.58. The van der Waals surface area contributed by atoms with E-state index in [1.807, 2.05) is 0 Å². The van der Waals surface area contributed by atoms with Crippen LogP contribution in [0.3, 0.4) is 0 Å². The van der Waals surface area contributed by atoms with Gasteiger partial charge in [-0.3, -0.25) is 0 Å². The summed E-state index contributed by atoms with van der Waals surface area (Å²) in [5.74, 6) is 2.89. The van der Waals surface area contributed by atoms with Gasteiger partial charge in [-0.05, 0) is 74.0 Å². The molecule has 1 aromatic carbocycles. The number of rotatable bonds is 16.